The van der Waals surface area contributed by atoms with Crippen molar-refractivity contribution in [2.75, 3.05) is 4.90 Å². The Labute approximate surface area is 157 Å². The van der Waals surface area contributed by atoms with Gasteiger partial charge < -0.3 is 0 Å². The van der Waals surface area contributed by atoms with E-state index in [1.807, 2.05) is 30.3 Å². The predicted octanol–water partition coefficient (Wildman–Crippen LogP) is 4.63. The van der Waals surface area contributed by atoms with Gasteiger partial charge in [-0.05, 0) is 11.6 Å². The number of nitro groups is 1. The van der Waals surface area contributed by atoms with Crippen molar-refractivity contribution >= 4 is 50.7 Å². The lowest BCUT2D eigenvalue weighted by Gasteiger charge is -2.21. The van der Waals surface area contributed by atoms with E-state index >= 15 is 0 Å². The first kappa shape index (κ1) is 19.1. The van der Waals surface area contributed by atoms with Crippen LogP contribution in [-0.2, 0) is 9.59 Å². The molecule has 25 heavy (non-hydrogen) atoms. The first-order chi connectivity index (χ1) is 11.7. The maximum Gasteiger partial charge on any atom is 0.275 e. The number of hydrogen-bond donors (Lipinski definition) is 0. The molecule has 6 nitrogen and oxygen atoms in total. The fourth-order valence-electron chi connectivity index (χ4n) is 2.46. The van der Waals surface area contributed by atoms with E-state index in [0.29, 0.717) is 5.56 Å². The number of nitro benzene ring substituents is 1. The van der Waals surface area contributed by atoms with E-state index in [4.69, 9.17) is 11.6 Å². The van der Waals surface area contributed by atoms with Crippen LogP contribution in [0.4, 0.5) is 11.4 Å². The first-order valence-corrected chi connectivity index (χ1v) is 8.51. The predicted molar refractivity (Wildman–Crippen MR) is 99.2 cm³/mol. The number of nitrogens with zero attached hydrogens (tertiary/aromatic N) is 2. The lowest BCUT2D eigenvalue weighted by molar-refractivity contribution is -0.385. The third kappa shape index (κ3) is 4.05. The zero-order valence-corrected chi connectivity index (χ0v) is 15.7. The number of benzene rings is 2. The molecule has 0 aliphatic carbocycles. The number of carbonyl (C=O) groups is 2. The number of amides is 2. The van der Waals surface area contributed by atoms with Gasteiger partial charge in [-0.25, -0.2) is 4.90 Å². The van der Waals surface area contributed by atoms with Gasteiger partial charge in [-0.2, -0.15) is 0 Å². The summed E-state index contributed by atoms with van der Waals surface area (Å²) >= 11 is 9.57. The van der Waals surface area contributed by atoms with Crippen molar-refractivity contribution in [1.29, 1.82) is 0 Å². The molecule has 0 aliphatic heterocycles. The fourth-order valence-corrected chi connectivity index (χ4v) is 3.38. The van der Waals surface area contributed by atoms with E-state index in [2.05, 4.69) is 15.9 Å². The Morgan fingerprint density at radius 2 is 1.72 bits per heavy atom. The molecule has 2 aromatic rings. The normalized spacial score (nSPS) is 11.7. The number of imide groups is 1. The lowest BCUT2D eigenvalue weighted by Crippen LogP contribution is -2.33. The zero-order valence-electron chi connectivity index (χ0n) is 13.4. The second-order valence-electron chi connectivity index (χ2n) is 5.27. The first-order valence-electron chi connectivity index (χ1n) is 7.22. The average Bonchev–Trinajstić information content (AvgIpc) is 2.55. The zero-order chi connectivity index (χ0) is 18.7. The van der Waals surface area contributed by atoms with E-state index in [9.17, 15) is 19.7 Å². The highest BCUT2D eigenvalue weighted by molar-refractivity contribution is 9.09. The summed E-state index contributed by atoms with van der Waals surface area (Å²) in [5.41, 5.74) is 0.994. The summed E-state index contributed by atoms with van der Waals surface area (Å²) in [6.07, 6.45) is 0. The SMILES string of the molecule is CC(=O)N(C(C)=O)c1cc(C(Br)c2ccccc2)c([N+](=O)[O-])cc1Cl. The minimum Gasteiger partial charge on any atom is -0.274 e. The van der Waals surface area contributed by atoms with Crippen molar-refractivity contribution < 1.29 is 14.5 Å². The maximum atomic E-state index is 11.8. The minimum atomic E-state index is -0.548. The molecule has 1 atom stereocenters. The third-order valence-electron chi connectivity index (χ3n) is 3.53. The van der Waals surface area contributed by atoms with E-state index in [0.717, 1.165) is 16.5 Å². The summed E-state index contributed by atoms with van der Waals surface area (Å²) in [7, 11) is 0. The molecular weight excluding hydrogens is 412 g/mol. The largest absolute Gasteiger partial charge is 0.275 e. The molecule has 0 aliphatic rings. The summed E-state index contributed by atoms with van der Waals surface area (Å²) in [6, 6.07) is 11.6. The van der Waals surface area contributed by atoms with Crippen LogP contribution < -0.4 is 4.90 Å². The molecule has 0 heterocycles. The van der Waals surface area contributed by atoms with Gasteiger partial charge in [-0.3, -0.25) is 19.7 Å². The van der Waals surface area contributed by atoms with Gasteiger partial charge in [0.25, 0.3) is 5.69 Å². The van der Waals surface area contributed by atoms with Crippen LogP contribution in [0.15, 0.2) is 42.5 Å². The van der Waals surface area contributed by atoms with Gasteiger partial charge in [-0.15, -0.1) is 0 Å². The molecule has 2 aromatic carbocycles. The van der Waals surface area contributed by atoms with Crippen molar-refractivity contribution in [2.24, 2.45) is 0 Å². The van der Waals surface area contributed by atoms with Crippen molar-refractivity contribution in [1.82, 2.24) is 0 Å². The van der Waals surface area contributed by atoms with Crippen LogP contribution in [0.2, 0.25) is 5.02 Å². The second kappa shape index (κ2) is 7.76. The van der Waals surface area contributed by atoms with E-state index in [-0.39, 0.29) is 16.4 Å². The van der Waals surface area contributed by atoms with Crippen molar-refractivity contribution in [3.63, 3.8) is 0 Å². The Morgan fingerprint density at radius 1 is 1.16 bits per heavy atom. The summed E-state index contributed by atoms with van der Waals surface area (Å²) in [4.78, 5) is 34.9. The number of hydrogen-bond acceptors (Lipinski definition) is 4. The number of carbonyl (C=O) groups excluding carboxylic acids is 2. The summed E-state index contributed by atoms with van der Waals surface area (Å²) in [5, 5.41) is 11.4. The molecule has 1 unspecified atom stereocenters. The van der Waals surface area contributed by atoms with Gasteiger partial charge in [-0.1, -0.05) is 57.9 Å². The molecule has 0 fully saturated rings. The van der Waals surface area contributed by atoms with Crippen molar-refractivity contribution in [3.05, 3.63) is 68.7 Å². The molecule has 0 bridgehead atoms. The summed E-state index contributed by atoms with van der Waals surface area (Å²) < 4.78 is 0. The van der Waals surface area contributed by atoms with E-state index < -0.39 is 21.6 Å². The van der Waals surface area contributed by atoms with Gasteiger partial charge in [0.1, 0.15) is 0 Å². The van der Waals surface area contributed by atoms with Gasteiger partial charge in [0.05, 0.1) is 26.0 Å². The van der Waals surface area contributed by atoms with Crippen molar-refractivity contribution in [2.45, 2.75) is 18.7 Å². The molecule has 2 amide bonds. The van der Waals surface area contributed by atoms with Crippen molar-refractivity contribution in [3.8, 4) is 0 Å². The quantitative estimate of drug-likeness (QED) is 0.406. The third-order valence-corrected chi connectivity index (χ3v) is 4.85. The molecule has 2 rings (SSSR count). The molecule has 130 valence electrons. The van der Waals surface area contributed by atoms with Gasteiger partial charge in [0, 0.05) is 19.9 Å². The number of anilines is 1. The summed E-state index contributed by atoms with van der Waals surface area (Å²) in [5.74, 6) is -1.06. The lowest BCUT2D eigenvalue weighted by atomic mass is 10.0. The highest BCUT2D eigenvalue weighted by Crippen LogP contribution is 2.41. The highest BCUT2D eigenvalue weighted by atomic mass is 79.9. The Morgan fingerprint density at radius 3 is 2.20 bits per heavy atom. The maximum absolute atomic E-state index is 11.8. The molecule has 0 saturated heterocycles. The molecule has 0 spiro atoms. The van der Waals surface area contributed by atoms with E-state index in [1.165, 1.54) is 19.9 Å². The molecule has 0 aromatic heterocycles. The van der Waals surface area contributed by atoms with E-state index in [1.54, 1.807) is 0 Å². The Bertz CT molecular complexity index is 828. The van der Waals surface area contributed by atoms with Gasteiger partial charge in [0.2, 0.25) is 11.8 Å². The van der Waals surface area contributed by atoms with Crippen LogP contribution in [0.25, 0.3) is 0 Å². The molecule has 0 saturated carbocycles. The second-order valence-corrected chi connectivity index (χ2v) is 6.59. The van der Waals surface area contributed by atoms with Crippen LogP contribution >= 0.6 is 27.5 Å². The monoisotopic (exact) mass is 424 g/mol. The number of alkyl halides is 1. The molecular formula is C17H14BrClN2O4. The van der Waals surface area contributed by atoms with Crippen LogP contribution in [0.5, 0.6) is 0 Å². The Balaban J connectivity index is 2.69. The van der Waals surface area contributed by atoms with Crippen LogP contribution in [0.3, 0.4) is 0 Å². The number of halogens is 2. The minimum absolute atomic E-state index is 0.0476. The standard InChI is InChI=1S/C17H14BrClN2O4/c1-10(22)20(11(2)23)16-8-13(15(21(24)25)9-14(16)19)17(18)12-6-4-3-5-7-12/h3-9,17H,1-2H3. The highest BCUT2D eigenvalue weighted by Gasteiger charge is 2.28. The van der Waals surface area contributed by atoms with Crippen LogP contribution in [-0.4, -0.2) is 16.7 Å². The number of rotatable bonds is 4. The Hall–Kier alpha value is -2.25. The molecule has 8 heteroatoms. The molecule has 0 N–H and O–H groups in total. The molecule has 0 radical (unpaired) electrons. The van der Waals surface area contributed by atoms with Gasteiger partial charge in [0.15, 0.2) is 0 Å². The average molecular weight is 426 g/mol. The van der Waals surface area contributed by atoms with Gasteiger partial charge >= 0.3 is 0 Å². The topological polar surface area (TPSA) is 80.5 Å². The summed E-state index contributed by atoms with van der Waals surface area (Å²) in [6.45, 7) is 2.45. The fraction of sp³-hybridized carbons (Fsp3) is 0.176. The van der Waals surface area contributed by atoms with Crippen LogP contribution in [0.1, 0.15) is 29.8 Å². The smallest absolute Gasteiger partial charge is 0.274 e. The Kier molecular flexibility index (Phi) is 5.92. The van der Waals surface area contributed by atoms with Crippen LogP contribution in [0, 0.1) is 10.1 Å².